The molecule has 1 amide bonds. The van der Waals surface area contributed by atoms with Gasteiger partial charge in [0.05, 0.1) is 22.1 Å². The van der Waals surface area contributed by atoms with E-state index in [0.717, 1.165) is 0 Å². The van der Waals surface area contributed by atoms with Gasteiger partial charge >= 0.3 is 0 Å². The maximum Gasteiger partial charge on any atom is 0.254 e. The molecule has 0 atom stereocenters. The molecule has 0 heterocycles. The molecule has 0 aliphatic rings. The Morgan fingerprint density at radius 3 is 2.87 bits per heavy atom. The highest BCUT2D eigenvalue weighted by atomic mass is 35.5. The molecule has 0 unspecified atom stereocenters. The average molecular weight is 247 g/mol. The summed E-state index contributed by atoms with van der Waals surface area (Å²) in [7, 11) is 0. The summed E-state index contributed by atoms with van der Waals surface area (Å²) in [6.07, 6.45) is 0. The molecular formula is C9H8ClFN2OS. The van der Waals surface area contributed by atoms with Crippen molar-refractivity contribution in [1.29, 1.82) is 0 Å². The molecule has 0 aromatic heterocycles. The van der Waals surface area contributed by atoms with Crippen molar-refractivity contribution in [3.8, 4) is 0 Å². The lowest BCUT2D eigenvalue weighted by atomic mass is 10.2. The fourth-order valence-corrected chi connectivity index (χ4v) is 1.19. The van der Waals surface area contributed by atoms with E-state index in [1.54, 1.807) is 0 Å². The summed E-state index contributed by atoms with van der Waals surface area (Å²) in [5.41, 5.74) is 5.06. The van der Waals surface area contributed by atoms with Crippen LogP contribution in [0.15, 0.2) is 18.2 Å². The van der Waals surface area contributed by atoms with E-state index >= 15 is 0 Å². The molecule has 1 aromatic rings. The van der Waals surface area contributed by atoms with Crippen LogP contribution in [0.4, 0.5) is 4.39 Å². The van der Waals surface area contributed by atoms with Crippen LogP contribution in [0.2, 0.25) is 5.02 Å². The van der Waals surface area contributed by atoms with Crippen molar-refractivity contribution in [3.63, 3.8) is 0 Å². The van der Waals surface area contributed by atoms with E-state index in [2.05, 4.69) is 17.5 Å². The summed E-state index contributed by atoms with van der Waals surface area (Å²) in [5.74, 6) is -1.34. The standard InChI is InChI=1S/C9H8ClFN2OS/c10-6-3-1-2-5(8(6)11)9(14)13-4-7(12)15/h1-3H,4H2,(H2,12,15)(H,13,14). The quantitative estimate of drug-likeness (QED) is 0.795. The fraction of sp³-hybridized carbons (Fsp3) is 0.111. The predicted molar refractivity (Wildman–Crippen MR) is 60.5 cm³/mol. The highest BCUT2D eigenvalue weighted by Gasteiger charge is 2.13. The van der Waals surface area contributed by atoms with E-state index in [1.165, 1.54) is 18.2 Å². The maximum absolute atomic E-state index is 13.3. The smallest absolute Gasteiger partial charge is 0.254 e. The van der Waals surface area contributed by atoms with E-state index in [0.29, 0.717) is 0 Å². The summed E-state index contributed by atoms with van der Waals surface area (Å²) in [6, 6.07) is 4.18. The summed E-state index contributed by atoms with van der Waals surface area (Å²) < 4.78 is 13.3. The van der Waals surface area contributed by atoms with Crippen molar-refractivity contribution in [3.05, 3.63) is 34.6 Å². The minimum Gasteiger partial charge on any atom is -0.392 e. The van der Waals surface area contributed by atoms with E-state index < -0.39 is 11.7 Å². The number of carbonyl (C=O) groups excluding carboxylic acids is 1. The SMILES string of the molecule is NC(=S)CNC(=O)c1cccc(Cl)c1F. The number of hydrogen-bond acceptors (Lipinski definition) is 2. The number of hydrogen-bond donors (Lipinski definition) is 2. The molecule has 6 heteroatoms. The largest absolute Gasteiger partial charge is 0.392 e. The molecule has 0 radical (unpaired) electrons. The molecule has 0 bridgehead atoms. The first-order valence-electron chi connectivity index (χ1n) is 4.03. The van der Waals surface area contributed by atoms with Crippen LogP contribution in [0.1, 0.15) is 10.4 Å². The lowest BCUT2D eigenvalue weighted by Gasteiger charge is -2.05. The molecule has 3 nitrogen and oxygen atoms in total. The second kappa shape index (κ2) is 5.04. The van der Waals surface area contributed by atoms with Gasteiger partial charge in [-0.05, 0) is 12.1 Å². The van der Waals surface area contributed by atoms with Gasteiger partial charge in [0.1, 0.15) is 0 Å². The maximum atomic E-state index is 13.3. The third-order valence-electron chi connectivity index (χ3n) is 1.62. The highest BCUT2D eigenvalue weighted by Crippen LogP contribution is 2.17. The second-order valence-electron chi connectivity index (χ2n) is 2.75. The first-order valence-corrected chi connectivity index (χ1v) is 4.81. The van der Waals surface area contributed by atoms with Crippen LogP contribution in [-0.4, -0.2) is 17.4 Å². The molecule has 15 heavy (non-hydrogen) atoms. The molecule has 0 aliphatic carbocycles. The van der Waals surface area contributed by atoms with Gasteiger partial charge in [-0.2, -0.15) is 0 Å². The lowest BCUT2D eigenvalue weighted by molar-refractivity contribution is 0.0955. The Bertz CT molecular complexity index is 411. The van der Waals surface area contributed by atoms with Gasteiger partial charge in [-0.1, -0.05) is 29.9 Å². The van der Waals surface area contributed by atoms with Gasteiger partial charge in [0.25, 0.3) is 5.91 Å². The summed E-state index contributed by atoms with van der Waals surface area (Å²) in [6.45, 7) is 0.0279. The minimum atomic E-state index is -0.750. The Morgan fingerprint density at radius 1 is 1.60 bits per heavy atom. The zero-order valence-corrected chi connectivity index (χ0v) is 9.16. The number of carbonyl (C=O) groups is 1. The third kappa shape index (κ3) is 3.14. The van der Waals surface area contributed by atoms with Gasteiger partial charge < -0.3 is 11.1 Å². The number of benzene rings is 1. The number of rotatable bonds is 3. The van der Waals surface area contributed by atoms with Crippen molar-refractivity contribution in [1.82, 2.24) is 5.32 Å². The van der Waals surface area contributed by atoms with Gasteiger partial charge in [0.15, 0.2) is 5.82 Å². The second-order valence-corrected chi connectivity index (χ2v) is 3.68. The number of thiocarbonyl (C=S) groups is 1. The summed E-state index contributed by atoms with van der Waals surface area (Å²) in [4.78, 5) is 11.5. The van der Waals surface area contributed by atoms with Crippen LogP contribution in [0, 0.1) is 5.82 Å². The molecule has 0 spiro atoms. The van der Waals surface area contributed by atoms with Gasteiger partial charge in [-0.3, -0.25) is 4.79 Å². The van der Waals surface area contributed by atoms with E-state index in [4.69, 9.17) is 17.3 Å². The fourth-order valence-electron chi connectivity index (χ4n) is 0.942. The number of amides is 1. The number of nitrogens with one attached hydrogen (secondary N) is 1. The van der Waals surface area contributed by atoms with Crippen LogP contribution in [0.25, 0.3) is 0 Å². The topological polar surface area (TPSA) is 55.1 Å². The van der Waals surface area contributed by atoms with E-state index in [9.17, 15) is 9.18 Å². The van der Waals surface area contributed by atoms with Gasteiger partial charge in [0.2, 0.25) is 0 Å². The monoisotopic (exact) mass is 246 g/mol. The molecule has 3 N–H and O–H groups in total. The number of nitrogens with two attached hydrogens (primary N) is 1. The Balaban J connectivity index is 2.82. The van der Waals surface area contributed by atoms with Crippen molar-refractivity contribution in [2.24, 2.45) is 5.73 Å². The third-order valence-corrected chi connectivity index (χ3v) is 2.06. The van der Waals surface area contributed by atoms with Crippen molar-refractivity contribution < 1.29 is 9.18 Å². The average Bonchev–Trinajstić information content (AvgIpc) is 2.18. The normalized spacial score (nSPS) is 9.73. The Morgan fingerprint density at radius 2 is 2.27 bits per heavy atom. The first-order chi connectivity index (χ1) is 7.02. The Labute approximate surface area is 96.4 Å². The highest BCUT2D eigenvalue weighted by molar-refractivity contribution is 7.80. The van der Waals surface area contributed by atoms with Gasteiger partial charge in [-0.15, -0.1) is 0 Å². The van der Waals surface area contributed by atoms with Crippen LogP contribution >= 0.6 is 23.8 Å². The molecule has 0 saturated heterocycles. The first kappa shape index (κ1) is 11.9. The zero-order chi connectivity index (χ0) is 11.4. The van der Waals surface area contributed by atoms with Crippen molar-refractivity contribution in [2.75, 3.05) is 6.54 Å². The number of halogens is 2. The van der Waals surface area contributed by atoms with Crippen molar-refractivity contribution in [2.45, 2.75) is 0 Å². The van der Waals surface area contributed by atoms with Crippen molar-refractivity contribution >= 4 is 34.7 Å². The Hall–Kier alpha value is -1.20. The minimum absolute atomic E-state index is 0.0279. The van der Waals surface area contributed by atoms with E-state index in [-0.39, 0.29) is 22.1 Å². The zero-order valence-electron chi connectivity index (χ0n) is 7.59. The molecular weight excluding hydrogens is 239 g/mol. The van der Waals surface area contributed by atoms with Crippen LogP contribution in [0.3, 0.4) is 0 Å². The van der Waals surface area contributed by atoms with Gasteiger partial charge in [-0.25, -0.2) is 4.39 Å². The summed E-state index contributed by atoms with van der Waals surface area (Å²) >= 11 is 10.1. The molecule has 0 aliphatic heterocycles. The Kier molecular flexibility index (Phi) is 3.99. The van der Waals surface area contributed by atoms with Crippen LogP contribution < -0.4 is 11.1 Å². The predicted octanol–water partition coefficient (Wildman–Crippen LogP) is 1.50. The molecule has 0 saturated carbocycles. The molecule has 0 fully saturated rings. The van der Waals surface area contributed by atoms with Crippen LogP contribution in [-0.2, 0) is 0 Å². The summed E-state index contributed by atoms with van der Waals surface area (Å²) in [5, 5.41) is 2.26. The van der Waals surface area contributed by atoms with Crippen LogP contribution in [0.5, 0.6) is 0 Å². The molecule has 1 aromatic carbocycles. The lowest BCUT2D eigenvalue weighted by Crippen LogP contribution is -2.32. The van der Waals surface area contributed by atoms with Gasteiger partial charge in [0, 0.05) is 0 Å². The van der Waals surface area contributed by atoms with E-state index in [1.807, 2.05) is 0 Å². The molecule has 1 rings (SSSR count). The molecule has 80 valence electrons.